The summed E-state index contributed by atoms with van der Waals surface area (Å²) < 4.78 is 1.58. The molecule has 2 aromatic heterocycles. The van der Waals surface area contributed by atoms with Gasteiger partial charge in [0.15, 0.2) is 5.69 Å². The van der Waals surface area contributed by atoms with Gasteiger partial charge in [-0.05, 0) is 18.2 Å². The Labute approximate surface area is 127 Å². The number of aryl methyl sites for hydroxylation is 1. The first-order valence-corrected chi connectivity index (χ1v) is 7.03. The van der Waals surface area contributed by atoms with E-state index in [1.165, 1.54) is 0 Å². The summed E-state index contributed by atoms with van der Waals surface area (Å²) in [6, 6.07) is 7.41. The monoisotopic (exact) mass is 298 g/mol. The number of imidazole rings is 1. The third-order valence-corrected chi connectivity index (χ3v) is 3.59. The molecule has 0 radical (unpaired) electrons. The lowest BCUT2D eigenvalue weighted by atomic mass is 9.96. The third kappa shape index (κ3) is 2.36. The van der Waals surface area contributed by atoms with Gasteiger partial charge in [-0.15, -0.1) is 0 Å². The lowest BCUT2D eigenvalue weighted by Crippen LogP contribution is -2.12. The molecule has 22 heavy (non-hydrogen) atoms. The molecule has 0 aliphatic heterocycles. The minimum Gasteiger partial charge on any atom is -0.476 e. The maximum Gasteiger partial charge on any atom is 0.356 e. The standard InChI is InChI=1S/C16H18N4O2/c1-16(2,3)15-17-10-6-5-9(7-11(10)18-15)13-8-12(14(21)22)19-20(13)4/h5-8H,1-4H3,(H,17,18)(H,21,22). The number of nitrogens with one attached hydrogen (secondary N) is 1. The highest BCUT2D eigenvalue weighted by Gasteiger charge is 2.19. The van der Waals surface area contributed by atoms with Gasteiger partial charge in [-0.1, -0.05) is 26.8 Å². The molecule has 6 nitrogen and oxygen atoms in total. The quantitative estimate of drug-likeness (QED) is 0.762. The zero-order chi connectivity index (χ0) is 16.1. The molecule has 0 saturated heterocycles. The number of carbonyl (C=O) groups is 1. The Hall–Kier alpha value is -2.63. The number of nitrogens with zero attached hydrogens (tertiary/aromatic N) is 3. The smallest absolute Gasteiger partial charge is 0.356 e. The van der Waals surface area contributed by atoms with Gasteiger partial charge in [-0.25, -0.2) is 9.78 Å². The molecule has 0 amide bonds. The van der Waals surface area contributed by atoms with Gasteiger partial charge in [0.1, 0.15) is 5.82 Å². The first-order chi connectivity index (χ1) is 10.3. The van der Waals surface area contributed by atoms with Gasteiger partial charge in [0.05, 0.1) is 16.7 Å². The molecule has 0 fully saturated rings. The minimum absolute atomic E-state index is 0.0394. The largest absolute Gasteiger partial charge is 0.476 e. The summed E-state index contributed by atoms with van der Waals surface area (Å²) in [6.07, 6.45) is 0. The van der Waals surface area contributed by atoms with Gasteiger partial charge < -0.3 is 10.1 Å². The lowest BCUT2D eigenvalue weighted by molar-refractivity contribution is 0.0689. The summed E-state index contributed by atoms with van der Waals surface area (Å²) >= 11 is 0. The molecular formula is C16H18N4O2. The maximum absolute atomic E-state index is 11.0. The van der Waals surface area contributed by atoms with E-state index in [2.05, 4.69) is 35.8 Å². The fraction of sp³-hybridized carbons (Fsp3) is 0.312. The number of aromatic amines is 1. The molecule has 0 bridgehead atoms. The number of aromatic carboxylic acids is 1. The van der Waals surface area contributed by atoms with E-state index in [0.29, 0.717) is 0 Å². The van der Waals surface area contributed by atoms with Gasteiger partial charge in [0.2, 0.25) is 0 Å². The van der Waals surface area contributed by atoms with Crippen LogP contribution < -0.4 is 0 Å². The van der Waals surface area contributed by atoms with E-state index in [-0.39, 0.29) is 11.1 Å². The summed E-state index contributed by atoms with van der Waals surface area (Å²) in [5.74, 6) is -0.102. The van der Waals surface area contributed by atoms with Crippen LogP contribution in [-0.2, 0) is 12.5 Å². The van der Waals surface area contributed by atoms with E-state index in [4.69, 9.17) is 5.11 Å². The molecule has 6 heteroatoms. The van der Waals surface area contributed by atoms with Crippen molar-refractivity contribution in [1.29, 1.82) is 0 Å². The molecule has 0 atom stereocenters. The van der Waals surface area contributed by atoms with Crippen LogP contribution in [0.4, 0.5) is 0 Å². The van der Waals surface area contributed by atoms with Crippen LogP contribution in [0.3, 0.4) is 0 Å². The molecule has 114 valence electrons. The van der Waals surface area contributed by atoms with Gasteiger partial charge in [0, 0.05) is 18.0 Å². The minimum atomic E-state index is -1.03. The van der Waals surface area contributed by atoms with Crippen molar-refractivity contribution in [1.82, 2.24) is 19.7 Å². The maximum atomic E-state index is 11.0. The zero-order valence-electron chi connectivity index (χ0n) is 13.0. The van der Waals surface area contributed by atoms with Crippen molar-refractivity contribution < 1.29 is 9.90 Å². The number of H-pyrrole nitrogens is 1. The van der Waals surface area contributed by atoms with Crippen molar-refractivity contribution in [3.63, 3.8) is 0 Å². The average molecular weight is 298 g/mol. The second kappa shape index (κ2) is 4.69. The van der Waals surface area contributed by atoms with Crippen LogP contribution in [0.5, 0.6) is 0 Å². The number of fused-ring (bicyclic) bond motifs is 1. The fourth-order valence-corrected chi connectivity index (χ4v) is 2.37. The van der Waals surface area contributed by atoms with Crippen molar-refractivity contribution in [2.24, 2.45) is 7.05 Å². The van der Waals surface area contributed by atoms with Crippen molar-refractivity contribution >= 4 is 17.0 Å². The van der Waals surface area contributed by atoms with E-state index in [9.17, 15) is 4.79 Å². The Bertz CT molecular complexity index is 868. The molecule has 2 N–H and O–H groups in total. The molecule has 0 saturated carbocycles. The number of hydrogen-bond donors (Lipinski definition) is 2. The summed E-state index contributed by atoms with van der Waals surface area (Å²) in [5, 5.41) is 13.0. The van der Waals surface area contributed by atoms with Crippen molar-refractivity contribution in [2.75, 3.05) is 0 Å². The summed E-state index contributed by atoms with van der Waals surface area (Å²) in [4.78, 5) is 19.0. The number of carboxylic acids is 1. The van der Waals surface area contributed by atoms with Gasteiger partial charge in [-0.3, -0.25) is 4.68 Å². The van der Waals surface area contributed by atoms with E-state index in [1.54, 1.807) is 17.8 Å². The molecule has 2 heterocycles. The predicted octanol–water partition coefficient (Wildman–Crippen LogP) is 2.96. The third-order valence-electron chi connectivity index (χ3n) is 3.59. The van der Waals surface area contributed by atoms with E-state index >= 15 is 0 Å². The molecule has 1 aromatic carbocycles. The Balaban J connectivity index is 2.10. The Morgan fingerprint density at radius 1 is 1.27 bits per heavy atom. The van der Waals surface area contributed by atoms with Crippen LogP contribution >= 0.6 is 0 Å². The molecule has 0 aliphatic rings. The van der Waals surface area contributed by atoms with Gasteiger partial charge in [-0.2, -0.15) is 5.10 Å². The van der Waals surface area contributed by atoms with Crippen molar-refractivity contribution in [2.45, 2.75) is 26.2 Å². The first-order valence-electron chi connectivity index (χ1n) is 7.03. The number of aromatic nitrogens is 4. The Morgan fingerprint density at radius 2 is 2.00 bits per heavy atom. The number of hydrogen-bond acceptors (Lipinski definition) is 3. The highest BCUT2D eigenvalue weighted by Crippen LogP contribution is 2.27. The van der Waals surface area contributed by atoms with Crippen molar-refractivity contribution in [3.8, 4) is 11.3 Å². The fourth-order valence-electron chi connectivity index (χ4n) is 2.37. The second-order valence-electron chi connectivity index (χ2n) is 6.41. The van der Waals surface area contributed by atoms with Crippen molar-refractivity contribution in [3.05, 3.63) is 35.8 Å². The highest BCUT2D eigenvalue weighted by molar-refractivity contribution is 5.88. The lowest BCUT2D eigenvalue weighted by Gasteiger charge is -2.13. The SMILES string of the molecule is Cn1nc(C(=O)O)cc1-c1ccc2nc(C(C)(C)C)[nH]c2c1. The molecule has 0 aliphatic carbocycles. The zero-order valence-corrected chi connectivity index (χ0v) is 13.0. The molecule has 0 unspecified atom stereocenters. The molecular weight excluding hydrogens is 280 g/mol. The van der Waals surface area contributed by atoms with Gasteiger partial charge >= 0.3 is 5.97 Å². The number of carboxylic acid groups (broad SMARTS) is 1. The Kier molecular flexibility index (Phi) is 3.05. The highest BCUT2D eigenvalue weighted by atomic mass is 16.4. The van der Waals surface area contributed by atoms with E-state index in [0.717, 1.165) is 28.1 Å². The van der Waals surface area contributed by atoms with Crippen LogP contribution in [0, 0.1) is 0 Å². The number of rotatable bonds is 2. The van der Waals surface area contributed by atoms with Crippen LogP contribution in [0.15, 0.2) is 24.3 Å². The summed E-state index contributed by atoms with van der Waals surface area (Å²) in [5.41, 5.74) is 3.47. The first kappa shape index (κ1) is 14.3. The predicted molar refractivity (Wildman–Crippen MR) is 84.0 cm³/mol. The number of benzene rings is 1. The summed E-state index contributed by atoms with van der Waals surface area (Å²) in [6.45, 7) is 6.31. The Morgan fingerprint density at radius 3 is 2.59 bits per heavy atom. The molecule has 0 spiro atoms. The van der Waals surface area contributed by atoms with Gasteiger partial charge in [0.25, 0.3) is 0 Å². The van der Waals surface area contributed by atoms with E-state index < -0.39 is 5.97 Å². The van der Waals surface area contributed by atoms with Crippen LogP contribution in [0.2, 0.25) is 0 Å². The van der Waals surface area contributed by atoms with Crippen LogP contribution in [-0.4, -0.2) is 30.8 Å². The topological polar surface area (TPSA) is 83.8 Å². The molecule has 3 rings (SSSR count). The van der Waals surface area contributed by atoms with Crippen LogP contribution in [0.1, 0.15) is 37.1 Å². The summed E-state index contributed by atoms with van der Waals surface area (Å²) in [7, 11) is 1.74. The van der Waals surface area contributed by atoms with E-state index in [1.807, 2.05) is 18.2 Å². The normalized spacial score (nSPS) is 12.0. The average Bonchev–Trinajstić information content (AvgIpc) is 3.00. The molecule has 3 aromatic rings. The van der Waals surface area contributed by atoms with Crippen LogP contribution in [0.25, 0.3) is 22.3 Å². The second-order valence-corrected chi connectivity index (χ2v) is 6.41.